The second-order valence-corrected chi connectivity index (χ2v) is 19.6. The molecule has 1 unspecified atom stereocenters. The summed E-state index contributed by atoms with van der Waals surface area (Å²) in [5.74, 6) is -0.781. The van der Waals surface area contributed by atoms with Gasteiger partial charge in [-0.3, -0.25) is 33.7 Å². The summed E-state index contributed by atoms with van der Waals surface area (Å²) >= 11 is 6.55. The van der Waals surface area contributed by atoms with Crippen LogP contribution in [0.15, 0.2) is 48.7 Å². The zero-order valence-electron chi connectivity index (χ0n) is 38.5. The van der Waals surface area contributed by atoms with Crippen molar-refractivity contribution >= 4 is 85.5 Å². The number of nitrogens with one attached hydrogen (secondary N) is 4. The first-order valence-electron chi connectivity index (χ1n) is 22.4. The van der Waals surface area contributed by atoms with Gasteiger partial charge in [0.1, 0.15) is 34.1 Å². The summed E-state index contributed by atoms with van der Waals surface area (Å²) in [5.41, 5.74) is 4.51. The Morgan fingerprint density at radius 1 is 0.956 bits per heavy atom. The van der Waals surface area contributed by atoms with Crippen LogP contribution in [0.3, 0.4) is 0 Å². The minimum atomic E-state index is -3.64. The predicted molar refractivity (Wildman–Crippen MR) is 257 cm³/mol. The van der Waals surface area contributed by atoms with Gasteiger partial charge in [0.15, 0.2) is 5.82 Å². The normalized spacial score (nSPS) is 18.0. The first-order valence-corrected chi connectivity index (χ1v) is 24.7. The van der Waals surface area contributed by atoms with Crippen LogP contribution in [0.25, 0.3) is 0 Å². The van der Waals surface area contributed by atoms with Gasteiger partial charge in [-0.1, -0.05) is 24.6 Å². The van der Waals surface area contributed by atoms with E-state index in [1.54, 1.807) is 30.2 Å². The van der Waals surface area contributed by atoms with Crippen LogP contribution in [0, 0.1) is 5.82 Å². The molecule has 22 heteroatoms. The molecule has 4 aliphatic heterocycles. The molecule has 19 nitrogen and oxygen atoms in total. The molecule has 0 aliphatic carbocycles. The number of rotatable bonds is 15. The number of methoxy groups -OCH3 is 2. The van der Waals surface area contributed by atoms with E-state index in [-0.39, 0.29) is 65.8 Å². The van der Waals surface area contributed by atoms with Crippen LogP contribution in [0.5, 0.6) is 11.5 Å². The molecule has 4 aromatic rings. The summed E-state index contributed by atoms with van der Waals surface area (Å²) in [7, 11) is 0.859. The zero-order chi connectivity index (χ0) is 48.4. The highest BCUT2D eigenvalue weighted by atomic mass is 35.5. The Hall–Kier alpha value is -6.45. The topological polar surface area (TPSA) is 211 Å². The molecule has 0 spiro atoms. The summed E-state index contributed by atoms with van der Waals surface area (Å²) in [5, 5.41) is 12.0. The minimum Gasteiger partial charge on any atom is -0.494 e. The number of anilines is 7. The van der Waals surface area contributed by atoms with Crippen molar-refractivity contribution in [2.45, 2.75) is 57.7 Å². The van der Waals surface area contributed by atoms with E-state index in [1.165, 1.54) is 31.3 Å². The van der Waals surface area contributed by atoms with Crippen LogP contribution < -0.4 is 39.9 Å². The van der Waals surface area contributed by atoms with Crippen molar-refractivity contribution in [2.75, 3.05) is 98.5 Å². The molecule has 4 aliphatic rings. The number of carbonyl (C=O) groups is 4. The molecule has 3 aromatic carbocycles. The van der Waals surface area contributed by atoms with E-state index in [4.69, 9.17) is 21.1 Å². The second kappa shape index (κ2) is 20.0. The number of ether oxygens (including phenoxy) is 2. The lowest BCUT2D eigenvalue weighted by Crippen LogP contribution is -2.55. The number of sulfonamides is 1. The van der Waals surface area contributed by atoms with Gasteiger partial charge in [0, 0.05) is 93.9 Å². The standard InChI is InChI=1S/C46H55ClFN11O8S/c1-6-27-20-35(52-46-50-24-32(47)43(54-46)51-33-8-7-9-38(66-3)42(33)55(2)68(5,64)65)39(67-4)23-37(27)57-14-12-29(13-15-57)56-16-18-58(19-17-56)41(61)25-49-34-22-28(48)21-30-31(34)26-59(45(30)63)36-10-11-40(60)53-44(36)62/h7-9,20-24,29,36,49H,6,10-19,25-26H2,1-5H3,(H,53,60,62)(H2,50,51,52,54). The highest BCUT2D eigenvalue weighted by Crippen LogP contribution is 2.41. The molecule has 1 atom stereocenters. The quantitative estimate of drug-likeness (QED) is 0.119. The number of nitrogens with zero attached hydrogens (tertiary/aromatic N) is 7. The van der Waals surface area contributed by atoms with Crippen molar-refractivity contribution in [3.05, 3.63) is 76.2 Å². The van der Waals surface area contributed by atoms with Gasteiger partial charge in [-0.2, -0.15) is 4.98 Å². The molecule has 1 aromatic heterocycles. The molecule has 0 radical (unpaired) electrons. The largest absolute Gasteiger partial charge is 0.494 e. The van der Waals surface area contributed by atoms with E-state index in [9.17, 15) is 32.0 Å². The van der Waals surface area contributed by atoms with Crippen LogP contribution in [-0.2, 0) is 37.4 Å². The molecule has 0 saturated carbocycles. The Balaban J connectivity index is 0.858. The number of hydrogen-bond donors (Lipinski definition) is 4. The smallest absolute Gasteiger partial charge is 0.255 e. The Labute approximate surface area is 399 Å². The predicted octanol–water partition coefficient (Wildman–Crippen LogP) is 4.72. The van der Waals surface area contributed by atoms with Gasteiger partial charge in [0.2, 0.25) is 33.7 Å². The number of aryl methyl sites for hydroxylation is 1. The number of amides is 4. The summed E-state index contributed by atoms with van der Waals surface area (Å²) in [4.78, 5) is 67.9. The van der Waals surface area contributed by atoms with E-state index in [1.807, 2.05) is 12.1 Å². The maximum absolute atomic E-state index is 14.7. The second-order valence-electron chi connectivity index (χ2n) is 17.1. The van der Waals surface area contributed by atoms with Gasteiger partial charge in [0.25, 0.3) is 5.91 Å². The maximum atomic E-state index is 14.7. The number of fused-ring (bicyclic) bond motifs is 1. The maximum Gasteiger partial charge on any atom is 0.255 e. The number of benzene rings is 3. The lowest BCUT2D eigenvalue weighted by atomic mass is 9.99. The molecule has 3 fully saturated rings. The Bertz CT molecular complexity index is 2730. The molecule has 4 amide bonds. The van der Waals surface area contributed by atoms with Crippen molar-refractivity contribution in [2.24, 2.45) is 0 Å². The SMILES string of the molecule is CCc1cc(Nc2ncc(Cl)c(Nc3cccc(OC)c3N(C)S(C)(=O)=O)n2)c(OC)cc1N1CCC(N2CCN(C(=O)CNc3cc(F)cc4c3CN(C3CCC(=O)NC3=O)C4=O)CC2)CC1. The third-order valence-corrected chi connectivity index (χ3v) is 14.6. The van der Waals surface area contributed by atoms with Crippen molar-refractivity contribution in [3.8, 4) is 11.5 Å². The lowest BCUT2D eigenvalue weighted by Gasteiger charge is -2.43. The fourth-order valence-corrected chi connectivity index (χ4v) is 10.0. The number of halogens is 2. The highest BCUT2D eigenvalue weighted by molar-refractivity contribution is 7.92. The number of carbonyl (C=O) groups excluding carboxylic acids is 4. The number of para-hydroxylation sites is 1. The molecule has 362 valence electrons. The molecule has 8 rings (SSSR count). The van der Waals surface area contributed by atoms with E-state index in [2.05, 4.69) is 48.0 Å². The molecule has 5 heterocycles. The number of piperazine rings is 1. The third kappa shape index (κ3) is 10.0. The van der Waals surface area contributed by atoms with Crippen LogP contribution in [0.4, 0.5) is 44.6 Å². The summed E-state index contributed by atoms with van der Waals surface area (Å²) < 4.78 is 52.3. The minimum absolute atomic E-state index is 0.0647. The van der Waals surface area contributed by atoms with Gasteiger partial charge in [-0.25, -0.2) is 17.8 Å². The van der Waals surface area contributed by atoms with E-state index < -0.39 is 33.7 Å². The monoisotopic (exact) mass is 975 g/mol. The summed E-state index contributed by atoms with van der Waals surface area (Å²) in [6.45, 7) is 6.27. The molecular weight excluding hydrogens is 921 g/mol. The molecule has 68 heavy (non-hydrogen) atoms. The van der Waals surface area contributed by atoms with Crippen LogP contribution in [-0.4, -0.2) is 142 Å². The number of piperidine rings is 2. The molecule has 3 saturated heterocycles. The molecular formula is C46H55ClFN11O8S. The zero-order valence-corrected chi connectivity index (χ0v) is 40.1. The van der Waals surface area contributed by atoms with E-state index >= 15 is 0 Å². The fraction of sp³-hybridized carbons (Fsp3) is 0.435. The van der Waals surface area contributed by atoms with Crippen molar-refractivity contribution in [1.29, 1.82) is 0 Å². The number of hydrogen-bond acceptors (Lipinski definition) is 15. The fourth-order valence-electron chi connectivity index (χ4n) is 9.37. The van der Waals surface area contributed by atoms with Crippen molar-refractivity contribution in [3.63, 3.8) is 0 Å². The van der Waals surface area contributed by atoms with Gasteiger partial charge >= 0.3 is 0 Å². The first kappa shape index (κ1) is 48.0. The summed E-state index contributed by atoms with van der Waals surface area (Å²) in [6, 6.07) is 11.1. The average Bonchev–Trinajstić information content (AvgIpc) is 3.65. The van der Waals surface area contributed by atoms with Crippen molar-refractivity contribution in [1.82, 2.24) is 30.0 Å². The Morgan fingerprint density at radius 3 is 2.37 bits per heavy atom. The van der Waals surface area contributed by atoms with Gasteiger partial charge in [-0.05, 0) is 61.6 Å². The van der Waals surface area contributed by atoms with Gasteiger partial charge < -0.3 is 40.1 Å². The van der Waals surface area contributed by atoms with Crippen LogP contribution in [0.1, 0.15) is 54.1 Å². The third-order valence-electron chi connectivity index (χ3n) is 13.1. The van der Waals surface area contributed by atoms with E-state index in [0.29, 0.717) is 53.3 Å². The van der Waals surface area contributed by atoms with Crippen molar-refractivity contribution < 1.29 is 41.5 Å². The van der Waals surface area contributed by atoms with Crippen LogP contribution in [0.2, 0.25) is 5.02 Å². The number of aromatic nitrogens is 2. The van der Waals surface area contributed by atoms with E-state index in [0.717, 1.165) is 73.3 Å². The molecule has 4 N–H and O–H groups in total. The first-order chi connectivity index (χ1) is 32.6. The highest BCUT2D eigenvalue weighted by Gasteiger charge is 2.40. The summed E-state index contributed by atoms with van der Waals surface area (Å²) in [6.07, 6.45) is 5.47. The van der Waals surface area contributed by atoms with Crippen LogP contribution >= 0.6 is 11.6 Å². The average molecular weight is 977 g/mol. The van der Waals surface area contributed by atoms with Gasteiger partial charge in [0.05, 0.1) is 44.6 Å². The lowest BCUT2D eigenvalue weighted by molar-refractivity contribution is -0.137. The number of imide groups is 1. The Kier molecular flexibility index (Phi) is 14.1. The molecule has 0 bridgehead atoms. The van der Waals surface area contributed by atoms with Gasteiger partial charge in [-0.15, -0.1) is 0 Å². The Morgan fingerprint density at radius 2 is 1.69 bits per heavy atom.